The maximum atomic E-state index is 10.7. The molecule has 0 aliphatic carbocycles. The fourth-order valence-electron chi connectivity index (χ4n) is 0.481. The van der Waals surface area contributed by atoms with Crippen molar-refractivity contribution < 1.29 is 9.90 Å². The van der Waals surface area contributed by atoms with Crippen molar-refractivity contribution in [2.75, 3.05) is 13.6 Å². The third kappa shape index (κ3) is 4.38. The van der Waals surface area contributed by atoms with Crippen LogP contribution in [0, 0.1) is 0 Å². The van der Waals surface area contributed by atoms with Gasteiger partial charge in [0, 0.05) is 13.6 Å². The average Bonchev–Trinajstić information content (AvgIpc) is 1.99. The SMILES string of the molecule is CNC(=O)NC(CN)C(O)I. The third-order valence-corrected chi connectivity index (χ3v) is 2.00. The van der Waals surface area contributed by atoms with Crippen LogP contribution in [0.3, 0.4) is 0 Å². The minimum absolute atomic E-state index is 0.220. The number of hydrogen-bond donors (Lipinski definition) is 4. The summed E-state index contributed by atoms with van der Waals surface area (Å²) in [7, 11) is 1.50. The minimum atomic E-state index is -0.658. The van der Waals surface area contributed by atoms with Crippen molar-refractivity contribution in [1.29, 1.82) is 0 Å². The molecule has 0 aromatic carbocycles. The summed E-state index contributed by atoms with van der Waals surface area (Å²) in [6.07, 6.45) is 0. The number of rotatable bonds is 3. The van der Waals surface area contributed by atoms with Gasteiger partial charge in [0.05, 0.1) is 6.04 Å². The molecule has 5 nitrogen and oxygen atoms in total. The van der Waals surface area contributed by atoms with Crippen LogP contribution in [0.25, 0.3) is 0 Å². The summed E-state index contributed by atoms with van der Waals surface area (Å²) in [5, 5.41) is 13.9. The number of halogens is 1. The highest BCUT2D eigenvalue weighted by atomic mass is 127. The number of aliphatic hydroxyl groups excluding tert-OH is 1. The van der Waals surface area contributed by atoms with Crippen LogP contribution in [0.2, 0.25) is 0 Å². The van der Waals surface area contributed by atoms with Gasteiger partial charge in [-0.1, -0.05) is 0 Å². The Morgan fingerprint density at radius 3 is 2.64 bits per heavy atom. The van der Waals surface area contributed by atoms with Gasteiger partial charge in [0.15, 0.2) is 0 Å². The molecular formula is C5H12IN3O2. The van der Waals surface area contributed by atoms with E-state index < -0.39 is 10.2 Å². The fraction of sp³-hybridized carbons (Fsp3) is 0.800. The van der Waals surface area contributed by atoms with Gasteiger partial charge in [0.25, 0.3) is 0 Å². The lowest BCUT2D eigenvalue weighted by Crippen LogP contribution is -2.48. The largest absolute Gasteiger partial charge is 0.381 e. The first-order valence-electron chi connectivity index (χ1n) is 3.12. The number of amides is 2. The Balaban J connectivity index is 3.78. The monoisotopic (exact) mass is 273 g/mol. The van der Waals surface area contributed by atoms with Crippen LogP contribution in [0.5, 0.6) is 0 Å². The van der Waals surface area contributed by atoms with E-state index in [-0.39, 0.29) is 12.6 Å². The number of carbonyl (C=O) groups excluding carboxylic acids is 1. The lowest BCUT2D eigenvalue weighted by Gasteiger charge is -2.17. The van der Waals surface area contributed by atoms with Crippen LogP contribution in [-0.2, 0) is 0 Å². The smallest absolute Gasteiger partial charge is 0.314 e. The topological polar surface area (TPSA) is 87.4 Å². The number of alkyl halides is 1. The molecule has 0 rings (SSSR count). The minimum Gasteiger partial charge on any atom is -0.381 e. The molecule has 2 unspecified atom stereocenters. The first-order chi connectivity index (χ1) is 5.11. The Morgan fingerprint density at radius 2 is 2.36 bits per heavy atom. The van der Waals surface area contributed by atoms with Crippen LogP contribution in [0.1, 0.15) is 0 Å². The second kappa shape index (κ2) is 5.56. The molecule has 66 valence electrons. The molecule has 0 fully saturated rings. The van der Waals surface area contributed by atoms with Crippen molar-refractivity contribution in [2.24, 2.45) is 5.73 Å². The maximum absolute atomic E-state index is 10.7. The molecule has 0 spiro atoms. The standard InChI is InChI=1S/C5H12IN3O2/c1-8-5(11)9-3(2-7)4(6)10/h3-4,10H,2,7H2,1H3,(H2,8,9,11). The highest BCUT2D eigenvalue weighted by molar-refractivity contribution is 14.1. The highest BCUT2D eigenvalue weighted by Crippen LogP contribution is 2.00. The normalized spacial score (nSPS) is 15.3. The summed E-state index contributed by atoms with van der Waals surface area (Å²) >= 11 is 1.79. The molecule has 0 radical (unpaired) electrons. The molecule has 2 amide bonds. The van der Waals surface area contributed by atoms with Gasteiger partial charge in [-0.3, -0.25) is 0 Å². The van der Waals surface area contributed by atoms with E-state index in [4.69, 9.17) is 10.8 Å². The fourth-order valence-corrected chi connectivity index (χ4v) is 0.954. The molecule has 0 bridgehead atoms. The summed E-state index contributed by atoms with van der Waals surface area (Å²) in [4.78, 5) is 10.7. The zero-order valence-corrected chi connectivity index (χ0v) is 8.33. The molecule has 0 saturated heterocycles. The van der Waals surface area contributed by atoms with Gasteiger partial charge in [-0.25, -0.2) is 4.79 Å². The van der Waals surface area contributed by atoms with E-state index in [0.717, 1.165) is 0 Å². The van der Waals surface area contributed by atoms with Crippen LogP contribution < -0.4 is 16.4 Å². The molecule has 0 aromatic heterocycles. The quantitative estimate of drug-likeness (QED) is 0.393. The Labute approximate surface area is 78.9 Å². The van der Waals surface area contributed by atoms with Gasteiger partial charge in [-0.15, -0.1) is 0 Å². The summed E-state index contributed by atoms with van der Waals surface area (Å²) in [6, 6.07) is -0.730. The van der Waals surface area contributed by atoms with Crippen molar-refractivity contribution in [2.45, 2.75) is 10.2 Å². The molecular weight excluding hydrogens is 261 g/mol. The number of aliphatic hydroxyl groups is 1. The molecule has 0 aromatic rings. The van der Waals surface area contributed by atoms with Gasteiger partial charge < -0.3 is 21.5 Å². The van der Waals surface area contributed by atoms with Gasteiger partial charge in [0.2, 0.25) is 0 Å². The lowest BCUT2D eigenvalue weighted by atomic mass is 10.3. The predicted molar refractivity (Wildman–Crippen MR) is 50.5 cm³/mol. The third-order valence-electron chi connectivity index (χ3n) is 1.13. The van der Waals surface area contributed by atoms with Crippen molar-refractivity contribution in [3.8, 4) is 0 Å². The van der Waals surface area contributed by atoms with E-state index in [1.807, 2.05) is 0 Å². The van der Waals surface area contributed by atoms with E-state index in [9.17, 15) is 4.79 Å². The predicted octanol–water partition coefficient (Wildman–Crippen LogP) is -1.00. The Morgan fingerprint density at radius 1 is 1.82 bits per heavy atom. The molecule has 5 N–H and O–H groups in total. The van der Waals surface area contributed by atoms with Gasteiger partial charge in [-0.05, 0) is 22.6 Å². The van der Waals surface area contributed by atoms with Crippen LogP contribution >= 0.6 is 22.6 Å². The van der Waals surface area contributed by atoms with E-state index in [1.165, 1.54) is 7.05 Å². The second-order valence-corrected chi connectivity index (χ2v) is 3.21. The zero-order chi connectivity index (χ0) is 8.85. The van der Waals surface area contributed by atoms with E-state index in [2.05, 4.69) is 10.6 Å². The van der Waals surface area contributed by atoms with Crippen molar-refractivity contribution in [3.05, 3.63) is 0 Å². The van der Waals surface area contributed by atoms with Crippen LogP contribution in [0.15, 0.2) is 0 Å². The number of nitrogens with two attached hydrogens (primary N) is 1. The van der Waals surface area contributed by atoms with Crippen LogP contribution in [0.4, 0.5) is 4.79 Å². The Bertz CT molecular complexity index is 131. The number of hydrogen-bond acceptors (Lipinski definition) is 3. The molecule has 0 aliphatic heterocycles. The summed E-state index contributed by atoms with van der Waals surface area (Å²) in [5.74, 6) is 0. The second-order valence-electron chi connectivity index (χ2n) is 1.94. The van der Waals surface area contributed by atoms with Gasteiger partial charge in [0.1, 0.15) is 4.11 Å². The van der Waals surface area contributed by atoms with E-state index in [0.29, 0.717) is 0 Å². The molecule has 11 heavy (non-hydrogen) atoms. The lowest BCUT2D eigenvalue weighted by molar-refractivity contribution is 0.210. The maximum Gasteiger partial charge on any atom is 0.314 e. The number of urea groups is 1. The average molecular weight is 273 g/mol. The summed E-state index contributed by atoms with van der Waals surface area (Å²) in [5.41, 5.74) is 5.27. The first-order valence-corrected chi connectivity index (χ1v) is 4.36. The first kappa shape index (κ1) is 10.9. The Hall–Kier alpha value is -0.0800. The summed E-state index contributed by atoms with van der Waals surface area (Å²) < 4.78 is -0.658. The van der Waals surface area contributed by atoms with E-state index in [1.54, 1.807) is 22.6 Å². The van der Waals surface area contributed by atoms with Gasteiger partial charge >= 0.3 is 6.03 Å². The summed E-state index contributed by atoms with van der Waals surface area (Å²) in [6.45, 7) is 0.220. The highest BCUT2D eigenvalue weighted by Gasteiger charge is 2.15. The van der Waals surface area contributed by atoms with E-state index >= 15 is 0 Å². The van der Waals surface area contributed by atoms with Crippen LogP contribution in [-0.4, -0.2) is 34.9 Å². The number of carbonyl (C=O) groups is 1. The molecule has 0 aliphatic rings. The molecule has 6 heteroatoms. The van der Waals surface area contributed by atoms with Crippen molar-refractivity contribution >= 4 is 28.6 Å². The van der Waals surface area contributed by atoms with Gasteiger partial charge in [-0.2, -0.15) is 0 Å². The van der Waals surface area contributed by atoms with Crippen molar-refractivity contribution in [3.63, 3.8) is 0 Å². The zero-order valence-electron chi connectivity index (χ0n) is 6.17. The Kier molecular flexibility index (Phi) is 5.51. The molecule has 0 saturated carbocycles. The number of nitrogens with one attached hydrogen (secondary N) is 2. The molecule has 2 atom stereocenters. The van der Waals surface area contributed by atoms with Crippen molar-refractivity contribution in [1.82, 2.24) is 10.6 Å². The molecule has 0 heterocycles.